The van der Waals surface area contributed by atoms with Gasteiger partial charge in [0.05, 0.1) is 16.8 Å². The summed E-state index contributed by atoms with van der Waals surface area (Å²) in [5, 5.41) is 4.26. The predicted molar refractivity (Wildman–Crippen MR) is 104 cm³/mol. The van der Waals surface area contributed by atoms with Crippen molar-refractivity contribution in [1.29, 1.82) is 0 Å². The van der Waals surface area contributed by atoms with Crippen molar-refractivity contribution in [3.63, 3.8) is 0 Å². The van der Waals surface area contributed by atoms with Crippen molar-refractivity contribution in [2.24, 2.45) is 0 Å². The number of aryl methyl sites for hydroxylation is 5. The van der Waals surface area contributed by atoms with Gasteiger partial charge in [-0.15, -0.1) is 0 Å². The van der Waals surface area contributed by atoms with E-state index in [9.17, 15) is 8.42 Å². The molecule has 0 amide bonds. The molecule has 0 saturated heterocycles. The molecule has 5 nitrogen and oxygen atoms in total. The van der Waals surface area contributed by atoms with Crippen LogP contribution in [0, 0.1) is 20.8 Å². The molecule has 6 heteroatoms. The molecule has 0 saturated carbocycles. The second-order valence-electron chi connectivity index (χ2n) is 6.56. The van der Waals surface area contributed by atoms with Crippen molar-refractivity contribution in [2.45, 2.75) is 38.6 Å². The number of hydrogen-bond donors (Lipinski definition) is 1. The summed E-state index contributed by atoms with van der Waals surface area (Å²) >= 11 is 0. The number of aromatic nitrogens is 2. The van der Waals surface area contributed by atoms with Crippen LogP contribution in [0.15, 0.2) is 59.8 Å². The zero-order valence-corrected chi connectivity index (χ0v) is 16.0. The fourth-order valence-corrected chi connectivity index (χ4v) is 4.71. The number of sulfonamides is 1. The number of nitrogens with one attached hydrogen (secondary N) is 1. The molecular formula is C20H23N3O2S. The van der Waals surface area contributed by atoms with Crippen LogP contribution >= 0.6 is 0 Å². The topological polar surface area (TPSA) is 64.0 Å². The molecule has 0 fully saturated rings. The molecule has 0 bridgehead atoms. The van der Waals surface area contributed by atoms with E-state index in [-0.39, 0.29) is 0 Å². The van der Waals surface area contributed by atoms with Gasteiger partial charge < -0.3 is 0 Å². The Labute approximate surface area is 154 Å². The lowest BCUT2D eigenvalue weighted by Crippen LogP contribution is -2.15. The van der Waals surface area contributed by atoms with Crippen molar-refractivity contribution in [3.05, 3.63) is 77.1 Å². The summed E-state index contributed by atoms with van der Waals surface area (Å²) in [4.78, 5) is 0.333. The van der Waals surface area contributed by atoms with Crippen LogP contribution in [0.1, 0.15) is 22.3 Å². The van der Waals surface area contributed by atoms with Crippen molar-refractivity contribution >= 4 is 15.7 Å². The van der Waals surface area contributed by atoms with E-state index in [4.69, 9.17) is 0 Å². The Kier molecular flexibility index (Phi) is 5.13. The highest BCUT2D eigenvalue weighted by atomic mass is 32.2. The fourth-order valence-electron chi connectivity index (χ4n) is 3.22. The molecule has 3 aromatic rings. The van der Waals surface area contributed by atoms with Gasteiger partial charge in [0.1, 0.15) is 0 Å². The van der Waals surface area contributed by atoms with Gasteiger partial charge in [0, 0.05) is 12.7 Å². The summed E-state index contributed by atoms with van der Waals surface area (Å²) in [5.74, 6) is 0. The molecule has 0 aliphatic rings. The Bertz CT molecular complexity index is 986. The van der Waals surface area contributed by atoms with Gasteiger partial charge in [0.25, 0.3) is 10.0 Å². The monoisotopic (exact) mass is 369 g/mol. The predicted octanol–water partition coefficient (Wildman–Crippen LogP) is 3.85. The van der Waals surface area contributed by atoms with Gasteiger partial charge >= 0.3 is 0 Å². The van der Waals surface area contributed by atoms with Crippen molar-refractivity contribution < 1.29 is 8.42 Å². The van der Waals surface area contributed by atoms with Crippen LogP contribution < -0.4 is 4.72 Å². The smallest absolute Gasteiger partial charge is 0.262 e. The van der Waals surface area contributed by atoms with Crippen LogP contribution in [0.2, 0.25) is 0 Å². The molecule has 2 aromatic carbocycles. The van der Waals surface area contributed by atoms with E-state index < -0.39 is 10.0 Å². The first kappa shape index (κ1) is 18.2. The summed E-state index contributed by atoms with van der Waals surface area (Å²) in [6.07, 6.45) is 4.10. The normalized spacial score (nSPS) is 11.5. The van der Waals surface area contributed by atoms with Gasteiger partial charge in [-0.3, -0.25) is 9.40 Å². The van der Waals surface area contributed by atoms with Gasteiger partial charge in [-0.1, -0.05) is 48.0 Å². The maximum atomic E-state index is 12.8. The second-order valence-corrected chi connectivity index (χ2v) is 8.18. The minimum atomic E-state index is -3.65. The molecular weight excluding hydrogens is 346 g/mol. The highest BCUT2D eigenvalue weighted by Crippen LogP contribution is 2.24. The summed E-state index contributed by atoms with van der Waals surface area (Å²) in [7, 11) is -3.65. The van der Waals surface area contributed by atoms with Crippen molar-refractivity contribution in [2.75, 3.05) is 4.72 Å². The van der Waals surface area contributed by atoms with Crippen molar-refractivity contribution in [3.8, 4) is 0 Å². The van der Waals surface area contributed by atoms with E-state index in [0.29, 0.717) is 17.1 Å². The Morgan fingerprint density at radius 3 is 2.35 bits per heavy atom. The van der Waals surface area contributed by atoms with E-state index in [2.05, 4.69) is 22.0 Å². The van der Waals surface area contributed by atoms with Gasteiger partial charge in [-0.25, -0.2) is 8.42 Å². The molecule has 0 atom stereocenters. The van der Waals surface area contributed by atoms with Crippen LogP contribution in [0.3, 0.4) is 0 Å². The zero-order valence-electron chi connectivity index (χ0n) is 15.2. The minimum absolute atomic E-state index is 0.333. The fraction of sp³-hybridized carbons (Fsp3) is 0.250. The van der Waals surface area contributed by atoms with E-state index in [0.717, 1.165) is 23.1 Å². The molecule has 0 radical (unpaired) electrons. The molecule has 0 spiro atoms. The van der Waals surface area contributed by atoms with E-state index in [1.165, 1.54) is 5.56 Å². The zero-order chi connectivity index (χ0) is 18.7. The number of benzene rings is 2. The lowest BCUT2D eigenvalue weighted by molar-refractivity contribution is 0.600. The molecule has 1 N–H and O–H groups in total. The quantitative estimate of drug-likeness (QED) is 0.718. The SMILES string of the molecule is Cc1cc(C)c(S(=O)(=O)Nc2cnn(CCc3ccccc3)c2)c(C)c1. The highest BCUT2D eigenvalue weighted by molar-refractivity contribution is 7.92. The first-order chi connectivity index (χ1) is 12.3. The second kappa shape index (κ2) is 7.33. The first-order valence-corrected chi connectivity index (χ1v) is 10.0. The average molecular weight is 369 g/mol. The number of nitrogens with zero attached hydrogens (tertiary/aromatic N) is 2. The third-order valence-electron chi connectivity index (χ3n) is 4.23. The molecule has 3 rings (SSSR count). The van der Waals surface area contributed by atoms with E-state index in [1.807, 2.05) is 51.1 Å². The lowest BCUT2D eigenvalue weighted by Gasteiger charge is -2.12. The Morgan fingerprint density at radius 1 is 1.04 bits per heavy atom. The van der Waals surface area contributed by atoms with Gasteiger partial charge in [-0.05, 0) is 43.9 Å². The Balaban J connectivity index is 1.74. The molecule has 1 heterocycles. The Hall–Kier alpha value is -2.60. The number of rotatable bonds is 6. The minimum Gasteiger partial charge on any atom is -0.276 e. The molecule has 0 aliphatic carbocycles. The summed E-state index contributed by atoms with van der Waals surface area (Å²) < 4.78 is 30.0. The van der Waals surface area contributed by atoms with Crippen molar-refractivity contribution in [1.82, 2.24) is 9.78 Å². The number of anilines is 1. The molecule has 0 aliphatic heterocycles. The standard InChI is InChI=1S/C20H23N3O2S/c1-15-11-16(2)20(17(3)12-15)26(24,25)22-19-13-21-23(14-19)10-9-18-7-5-4-6-8-18/h4-8,11-14,22H,9-10H2,1-3H3. The van der Waals surface area contributed by atoms with Crippen LogP contribution in [-0.4, -0.2) is 18.2 Å². The molecule has 26 heavy (non-hydrogen) atoms. The van der Waals surface area contributed by atoms with E-state index >= 15 is 0 Å². The van der Waals surface area contributed by atoms with Crippen LogP contribution in [-0.2, 0) is 23.0 Å². The van der Waals surface area contributed by atoms with Gasteiger partial charge in [0.2, 0.25) is 0 Å². The number of hydrogen-bond acceptors (Lipinski definition) is 3. The average Bonchev–Trinajstić information content (AvgIpc) is 2.99. The Morgan fingerprint density at radius 2 is 1.69 bits per heavy atom. The van der Waals surface area contributed by atoms with Crippen LogP contribution in [0.4, 0.5) is 5.69 Å². The largest absolute Gasteiger partial charge is 0.276 e. The van der Waals surface area contributed by atoms with Gasteiger partial charge in [0.15, 0.2) is 0 Å². The third kappa shape index (κ3) is 4.14. The maximum Gasteiger partial charge on any atom is 0.262 e. The van der Waals surface area contributed by atoms with Crippen LogP contribution in [0.5, 0.6) is 0 Å². The van der Waals surface area contributed by atoms with Gasteiger partial charge in [-0.2, -0.15) is 5.10 Å². The summed E-state index contributed by atoms with van der Waals surface area (Å²) in [5.41, 5.74) is 4.22. The van der Waals surface area contributed by atoms with E-state index in [1.54, 1.807) is 17.1 Å². The molecule has 0 unspecified atom stereocenters. The van der Waals surface area contributed by atoms with Crippen LogP contribution in [0.25, 0.3) is 0 Å². The third-order valence-corrected chi connectivity index (χ3v) is 5.92. The lowest BCUT2D eigenvalue weighted by atomic mass is 10.1. The maximum absolute atomic E-state index is 12.8. The summed E-state index contributed by atoms with van der Waals surface area (Å²) in [6, 6.07) is 13.9. The molecule has 136 valence electrons. The summed E-state index contributed by atoms with van der Waals surface area (Å²) in [6.45, 7) is 6.28. The highest BCUT2D eigenvalue weighted by Gasteiger charge is 2.20. The molecule has 1 aromatic heterocycles. The first-order valence-electron chi connectivity index (χ1n) is 8.52.